The van der Waals surface area contributed by atoms with Gasteiger partial charge in [-0.1, -0.05) is 50.9 Å². The average molecular weight is 379 g/mol. The maximum atomic E-state index is 10.7. The fourth-order valence-corrected chi connectivity index (χ4v) is 2.91. The van der Waals surface area contributed by atoms with Gasteiger partial charge in [0.2, 0.25) is 0 Å². The summed E-state index contributed by atoms with van der Waals surface area (Å²) in [6.45, 7) is 8.41. The lowest BCUT2D eigenvalue weighted by Crippen LogP contribution is -1.98. The maximum Gasteiger partial charge on any atom is 0.122 e. The van der Waals surface area contributed by atoms with Crippen molar-refractivity contribution in [3.63, 3.8) is 0 Å². The molecule has 5 heteroatoms. The molecule has 0 aliphatic carbocycles. The largest absolute Gasteiger partial charge is 0.507 e. The standard InChI is InChI=1S/C20H24Cl2N2O/c1-5-12(3)16-10-15(11-17(20(16)25)13(4)6-2)23-24-19-9-14(21)7-8-18(19)22/h7-13,25H,5-6H2,1-4H3. The Kier molecular flexibility index (Phi) is 6.86. The minimum Gasteiger partial charge on any atom is -0.507 e. The topological polar surface area (TPSA) is 45.0 Å². The molecular weight excluding hydrogens is 355 g/mol. The minimum absolute atomic E-state index is 0.243. The van der Waals surface area contributed by atoms with Gasteiger partial charge >= 0.3 is 0 Å². The first-order valence-corrected chi connectivity index (χ1v) is 9.36. The maximum absolute atomic E-state index is 10.7. The summed E-state index contributed by atoms with van der Waals surface area (Å²) in [4.78, 5) is 0. The molecule has 0 saturated carbocycles. The number of hydrogen-bond acceptors (Lipinski definition) is 3. The number of benzene rings is 2. The van der Waals surface area contributed by atoms with E-state index in [4.69, 9.17) is 23.2 Å². The third-order valence-electron chi connectivity index (χ3n) is 4.62. The van der Waals surface area contributed by atoms with E-state index in [-0.39, 0.29) is 11.8 Å². The molecule has 0 fully saturated rings. The zero-order valence-electron chi connectivity index (χ0n) is 15.1. The van der Waals surface area contributed by atoms with Gasteiger partial charge in [-0.25, -0.2) is 0 Å². The molecule has 0 aliphatic heterocycles. The van der Waals surface area contributed by atoms with Gasteiger partial charge in [-0.3, -0.25) is 0 Å². The number of nitrogens with zero attached hydrogens (tertiary/aromatic N) is 2. The molecule has 2 unspecified atom stereocenters. The summed E-state index contributed by atoms with van der Waals surface area (Å²) in [6, 6.07) is 8.89. The van der Waals surface area contributed by atoms with Crippen molar-refractivity contribution in [2.24, 2.45) is 10.2 Å². The van der Waals surface area contributed by atoms with Crippen LogP contribution in [0.4, 0.5) is 11.4 Å². The van der Waals surface area contributed by atoms with Gasteiger partial charge in [-0.2, -0.15) is 5.11 Å². The molecule has 134 valence electrons. The van der Waals surface area contributed by atoms with Gasteiger partial charge in [-0.15, -0.1) is 5.11 Å². The monoisotopic (exact) mass is 378 g/mol. The predicted octanol–water partition coefficient (Wildman–Crippen LogP) is 8.14. The van der Waals surface area contributed by atoms with Gasteiger partial charge in [-0.05, 0) is 66.1 Å². The second-order valence-corrected chi connectivity index (χ2v) is 7.23. The van der Waals surface area contributed by atoms with E-state index >= 15 is 0 Å². The number of halogens is 2. The predicted molar refractivity (Wildman–Crippen MR) is 106 cm³/mol. The number of hydrogen-bond donors (Lipinski definition) is 1. The molecule has 0 heterocycles. The summed E-state index contributed by atoms with van der Waals surface area (Å²) in [6.07, 6.45) is 1.88. The fraction of sp³-hybridized carbons (Fsp3) is 0.400. The molecule has 1 N–H and O–H groups in total. The minimum atomic E-state index is 0.243. The highest BCUT2D eigenvalue weighted by Crippen LogP contribution is 2.40. The molecule has 0 bridgehead atoms. The number of azo groups is 1. The molecule has 0 aromatic heterocycles. The first-order chi connectivity index (χ1) is 11.9. The van der Waals surface area contributed by atoms with Crippen molar-refractivity contribution in [2.45, 2.75) is 52.4 Å². The van der Waals surface area contributed by atoms with E-state index in [1.807, 2.05) is 12.1 Å². The third-order valence-corrected chi connectivity index (χ3v) is 5.18. The second-order valence-electron chi connectivity index (χ2n) is 6.39. The zero-order chi connectivity index (χ0) is 18.6. The summed E-state index contributed by atoms with van der Waals surface area (Å²) in [5, 5.41) is 20.3. The highest BCUT2D eigenvalue weighted by molar-refractivity contribution is 6.35. The van der Waals surface area contributed by atoms with Gasteiger partial charge in [0.05, 0.1) is 10.7 Å². The molecule has 2 aromatic carbocycles. The summed E-state index contributed by atoms with van der Waals surface area (Å²) in [5.74, 6) is 0.865. The Morgan fingerprint density at radius 3 is 2.00 bits per heavy atom. The molecule has 25 heavy (non-hydrogen) atoms. The van der Waals surface area contributed by atoms with Gasteiger partial charge in [0.1, 0.15) is 11.4 Å². The SMILES string of the molecule is CCC(C)c1cc(N=Nc2cc(Cl)ccc2Cl)cc(C(C)CC)c1O. The van der Waals surface area contributed by atoms with Crippen molar-refractivity contribution in [3.8, 4) is 5.75 Å². The van der Waals surface area contributed by atoms with Crippen LogP contribution < -0.4 is 0 Å². The van der Waals surface area contributed by atoms with E-state index in [9.17, 15) is 5.11 Å². The van der Waals surface area contributed by atoms with E-state index in [1.165, 1.54) is 0 Å². The van der Waals surface area contributed by atoms with E-state index in [0.717, 1.165) is 24.0 Å². The van der Waals surface area contributed by atoms with Gasteiger partial charge in [0, 0.05) is 5.02 Å². The summed E-state index contributed by atoms with van der Waals surface area (Å²) >= 11 is 12.1. The number of phenols is 1. The smallest absolute Gasteiger partial charge is 0.122 e. The average Bonchev–Trinajstić information content (AvgIpc) is 2.61. The normalized spacial score (nSPS) is 14.0. The zero-order valence-corrected chi connectivity index (χ0v) is 16.6. The Labute approximate surface area is 159 Å². The Hall–Kier alpha value is -1.58. The Balaban J connectivity index is 2.49. The quantitative estimate of drug-likeness (QED) is 0.506. The Morgan fingerprint density at radius 2 is 1.48 bits per heavy atom. The van der Waals surface area contributed by atoms with E-state index in [0.29, 0.717) is 27.2 Å². The van der Waals surface area contributed by atoms with Crippen LogP contribution in [0.5, 0.6) is 5.75 Å². The molecule has 2 rings (SSSR count). The molecular formula is C20H24Cl2N2O. The number of phenolic OH excluding ortho intramolecular Hbond substituents is 1. The number of rotatable bonds is 6. The van der Waals surface area contributed by atoms with E-state index < -0.39 is 0 Å². The lowest BCUT2D eigenvalue weighted by molar-refractivity contribution is 0.449. The molecule has 0 saturated heterocycles. The van der Waals surface area contributed by atoms with Crippen molar-refractivity contribution in [1.29, 1.82) is 0 Å². The molecule has 0 radical (unpaired) electrons. The first-order valence-electron chi connectivity index (χ1n) is 8.60. The summed E-state index contributed by atoms with van der Waals surface area (Å²) < 4.78 is 0. The highest BCUT2D eigenvalue weighted by atomic mass is 35.5. The molecule has 3 nitrogen and oxygen atoms in total. The van der Waals surface area contributed by atoms with Crippen molar-refractivity contribution in [1.82, 2.24) is 0 Å². The molecule has 0 amide bonds. The Bertz CT molecular complexity index is 743. The molecule has 0 aliphatic rings. The highest BCUT2D eigenvalue weighted by Gasteiger charge is 2.17. The fourth-order valence-electron chi connectivity index (χ4n) is 2.59. The molecule has 0 spiro atoms. The van der Waals surface area contributed by atoms with Crippen LogP contribution in [0.25, 0.3) is 0 Å². The van der Waals surface area contributed by atoms with E-state index in [2.05, 4.69) is 37.9 Å². The molecule has 2 aromatic rings. The van der Waals surface area contributed by atoms with Crippen LogP contribution in [0, 0.1) is 0 Å². The lowest BCUT2D eigenvalue weighted by atomic mass is 9.89. The third kappa shape index (κ3) is 4.74. The van der Waals surface area contributed by atoms with Crippen LogP contribution in [-0.2, 0) is 0 Å². The summed E-state index contributed by atoms with van der Waals surface area (Å²) in [5.41, 5.74) is 3.05. The van der Waals surface area contributed by atoms with Crippen molar-refractivity contribution < 1.29 is 5.11 Å². The lowest BCUT2D eigenvalue weighted by Gasteiger charge is -2.18. The van der Waals surface area contributed by atoms with Gasteiger partial charge in [0.25, 0.3) is 0 Å². The summed E-state index contributed by atoms with van der Waals surface area (Å²) in [7, 11) is 0. The van der Waals surface area contributed by atoms with Gasteiger partial charge < -0.3 is 5.11 Å². The van der Waals surface area contributed by atoms with Crippen molar-refractivity contribution in [3.05, 3.63) is 51.5 Å². The van der Waals surface area contributed by atoms with Crippen molar-refractivity contribution >= 4 is 34.6 Å². The van der Waals surface area contributed by atoms with Gasteiger partial charge in [0.15, 0.2) is 0 Å². The van der Waals surface area contributed by atoms with Crippen LogP contribution in [0.15, 0.2) is 40.6 Å². The van der Waals surface area contributed by atoms with Crippen molar-refractivity contribution in [2.75, 3.05) is 0 Å². The Morgan fingerprint density at radius 1 is 0.920 bits per heavy atom. The van der Waals surface area contributed by atoms with E-state index in [1.54, 1.807) is 18.2 Å². The van der Waals surface area contributed by atoms with Crippen LogP contribution in [0.1, 0.15) is 63.5 Å². The first kappa shape index (κ1) is 19.7. The van der Waals surface area contributed by atoms with Crippen LogP contribution in [-0.4, -0.2) is 5.11 Å². The number of aromatic hydroxyl groups is 1. The van der Waals surface area contributed by atoms with Crippen LogP contribution >= 0.6 is 23.2 Å². The van der Waals surface area contributed by atoms with Crippen LogP contribution in [0.3, 0.4) is 0 Å². The molecule has 2 atom stereocenters. The van der Waals surface area contributed by atoms with Crippen LogP contribution in [0.2, 0.25) is 10.0 Å². The second kappa shape index (κ2) is 8.68.